The van der Waals surface area contributed by atoms with E-state index in [1.54, 1.807) is 0 Å². The van der Waals surface area contributed by atoms with Gasteiger partial charge >= 0.3 is 0 Å². The van der Waals surface area contributed by atoms with Crippen molar-refractivity contribution in [3.63, 3.8) is 0 Å². The van der Waals surface area contributed by atoms with Gasteiger partial charge in [0.2, 0.25) is 0 Å². The van der Waals surface area contributed by atoms with Gasteiger partial charge in [-0.25, -0.2) is 0 Å². The molecule has 6 heteroatoms. The summed E-state index contributed by atoms with van der Waals surface area (Å²) in [5, 5.41) is 3.59. The highest BCUT2D eigenvalue weighted by Gasteiger charge is 2.43. The molecule has 1 amide bonds. The SMILES string of the molecule is CCN(CC)c1ccc([C@@H]2C3=C(CC(C)(C)CC3=O)Nc3ccccc3N2C(=O)c2ccc(Br)cc2)cc1. The van der Waals surface area contributed by atoms with Crippen LogP contribution in [0.4, 0.5) is 17.1 Å². The maximum atomic E-state index is 14.3. The van der Waals surface area contributed by atoms with Crippen molar-refractivity contribution in [3.8, 4) is 0 Å². The lowest BCUT2D eigenvalue weighted by Gasteiger charge is -2.37. The molecule has 5 nitrogen and oxygen atoms in total. The van der Waals surface area contributed by atoms with Crippen LogP contribution in [0.3, 0.4) is 0 Å². The number of nitrogens with zero attached hydrogens (tertiary/aromatic N) is 2. The van der Waals surface area contributed by atoms with Gasteiger partial charge in [0, 0.05) is 46.5 Å². The fraction of sp³-hybridized carbons (Fsp3) is 0.312. The highest BCUT2D eigenvalue weighted by molar-refractivity contribution is 9.10. The lowest BCUT2D eigenvalue weighted by Crippen LogP contribution is -2.39. The van der Waals surface area contributed by atoms with Crippen LogP contribution in [-0.2, 0) is 4.79 Å². The lowest BCUT2D eigenvalue weighted by molar-refractivity contribution is -0.118. The number of Topliss-reactive ketones (excluding diaryl/α,β-unsaturated/α-hetero) is 1. The summed E-state index contributed by atoms with van der Waals surface area (Å²) < 4.78 is 0.908. The summed E-state index contributed by atoms with van der Waals surface area (Å²) >= 11 is 3.48. The molecule has 38 heavy (non-hydrogen) atoms. The molecule has 0 aromatic heterocycles. The molecule has 0 spiro atoms. The Morgan fingerprint density at radius 2 is 1.63 bits per heavy atom. The predicted molar refractivity (Wildman–Crippen MR) is 159 cm³/mol. The number of para-hydroxylation sites is 2. The molecular weight excluding hydrogens is 538 g/mol. The summed E-state index contributed by atoms with van der Waals surface area (Å²) in [7, 11) is 0. The number of allylic oxidation sites excluding steroid dienone is 1. The Labute approximate surface area is 233 Å². The van der Waals surface area contributed by atoms with E-state index in [9.17, 15) is 9.59 Å². The molecule has 2 aliphatic rings. The highest BCUT2D eigenvalue weighted by Crippen LogP contribution is 2.48. The predicted octanol–water partition coefficient (Wildman–Crippen LogP) is 7.75. The smallest absolute Gasteiger partial charge is 0.259 e. The van der Waals surface area contributed by atoms with E-state index in [0.29, 0.717) is 17.6 Å². The number of hydrogen-bond donors (Lipinski definition) is 1. The topological polar surface area (TPSA) is 52.7 Å². The zero-order valence-corrected chi connectivity index (χ0v) is 24.0. The molecule has 0 saturated carbocycles. The van der Waals surface area contributed by atoms with Gasteiger partial charge in [-0.3, -0.25) is 14.5 Å². The van der Waals surface area contributed by atoms with E-state index in [4.69, 9.17) is 0 Å². The Morgan fingerprint density at radius 1 is 0.974 bits per heavy atom. The van der Waals surface area contributed by atoms with Gasteiger partial charge in [-0.1, -0.05) is 54.0 Å². The van der Waals surface area contributed by atoms with Crippen molar-refractivity contribution in [1.82, 2.24) is 0 Å². The van der Waals surface area contributed by atoms with Crippen LogP contribution in [-0.4, -0.2) is 24.8 Å². The van der Waals surface area contributed by atoms with Crippen LogP contribution in [0.2, 0.25) is 0 Å². The van der Waals surface area contributed by atoms with Crippen molar-refractivity contribution in [2.24, 2.45) is 5.41 Å². The number of fused-ring (bicyclic) bond motifs is 1. The molecule has 0 radical (unpaired) electrons. The Hall–Kier alpha value is -3.38. The van der Waals surface area contributed by atoms with Crippen molar-refractivity contribution >= 4 is 44.7 Å². The first-order chi connectivity index (χ1) is 18.2. The van der Waals surface area contributed by atoms with Gasteiger partial charge in [0.1, 0.15) is 0 Å². The largest absolute Gasteiger partial charge is 0.372 e. The van der Waals surface area contributed by atoms with E-state index >= 15 is 0 Å². The van der Waals surface area contributed by atoms with Crippen LogP contribution in [0.5, 0.6) is 0 Å². The Morgan fingerprint density at radius 3 is 2.29 bits per heavy atom. The third kappa shape index (κ3) is 4.90. The first-order valence-corrected chi connectivity index (χ1v) is 14.1. The van der Waals surface area contributed by atoms with Crippen molar-refractivity contribution < 1.29 is 9.59 Å². The first kappa shape index (κ1) is 26.2. The second kappa shape index (κ2) is 10.4. The van der Waals surface area contributed by atoms with Gasteiger partial charge in [0.25, 0.3) is 5.91 Å². The summed E-state index contributed by atoms with van der Waals surface area (Å²) in [5.74, 6) is -0.0565. The average molecular weight is 573 g/mol. The van der Waals surface area contributed by atoms with Crippen molar-refractivity contribution in [2.75, 3.05) is 28.2 Å². The number of carbonyl (C=O) groups excluding carboxylic acids is 2. The molecule has 1 N–H and O–H groups in total. The molecule has 3 aromatic rings. The van der Waals surface area contributed by atoms with Crippen LogP contribution in [0.1, 0.15) is 62.5 Å². The summed E-state index contributed by atoms with van der Waals surface area (Å²) in [6, 6.07) is 23.1. The Kier molecular flexibility index (Phi) is 7.19. The van der Waals surface area contributed by atoms with Gasteiger partial charge in [0.15, 0.2) is 5.78 Å². The lowest BCUT2D eigenvalue weighted by atomic mass is 9.73. The fourth-order valence-corrected chi connectivity index (χ4v) is 5.98. The zero-order chi connectivity index (χ0) is 27.0. The molecule has 0 fully saturated rings. The molecule has 1 atom stereocenters. The van der Waals surface area contributed by atoms with Gasteiger partial charge in [-0.2, -0.15) is 0 Å². The minimum absolute atomic E-state index is 0.0861. The summed E-state index contributed by atoms with van der Waals surface area (Å²) in [6.07, 6.45) is 1.18. The normalized spacial score (nSPS) is 18.3. The molecule has 0 saturated heterocycles. The van der Waals surface area contributed by atoms with Crippen LogP contribution in [0, 0.1) is 5.41 Å². The van der Waals surface area contributed by atoms with Gasteiger partial charge in [-0.15, -0.1) is 0 Å². The molecule has 3 aromatic carbocycles. The number of halogens is 1. The Bertz CT molecular complexity index is 1390. The van der Waals surface area contributed by atoms with E-state index < -0.39 is 6.04 Å². The number of rotatable bonds is 5. The van der Waals surface area contributed by atoms with Crippen LogP contribution >= 0.6 is 15.9 Å². The molecule has 1 aliphatic carbocycles. The molecule has 196 valence electrons. The second-order valence-corrected chi connectivity index (χ2v) is 11.7. The summed E-state index contributed by atoms with van der Waals surface area (Å²) in [4.78, 5) is 32.3. The number of ketones is 1. The first-order valence-electron chi connectivity index (χ1n) is 13.3. The quantitative estimate of drug-likeness (QED) is 0.340. The van der Waals surface area contributed by atoms with E-state index in [2.05, 4.69) is 78.1 Å². The number of benzene rings is 3. The number of nitrogens with one attached hydrogen (secondary N) is 1. The summed E-state index contributed by atoms with van der Waals surface area (Å²) in [5.41, 5.74) is 5.63. The van der Waals surface area contributed by atoms with Gasteiger partial charge in [-0.05, 0) is 79.8 Å². The summed E-state index contributed by atoms with van der Waals surface area (Å²) in [6.45, 7) is 10.4. The van der Waals surface area contributed by atoms with Crippen molar-refractivity contribution in [3.05, 3.63) is 99.7 Å². The maximum Gasteiger partial charge on any atom is 0.259 e. The molecule has 1 aliphatic heterocycles. The zero-order valence-electron chi connectivity index (χ0n) is 22.4. The fourth-order valence-electron chi connectivity index (χ4n) is 5.71. The molecule has 5 rings (SSSR count). The third-order valence-corrected chi connectivity index (χ3v) is 8.08. The van der Waals surface area contributed by atoms with Crippen LogP contribution < -0.4 is 15.1 Å². The monoisotopic (exact) mass is 571 g/mol. The minimum Gasteiger partial charge on any atom is -0.372 e. The van der Waals surface area contributed by atoms with E-state index in [1.165, 1.54) is 0 Å². The van der Waals surface area contributed by atoms with Crippen LogP contribution in [0.25, 0.3) is 0 Å². The number of amides is 1. The van der Waals surface area contributed by atoms with Gasteiger partial charge < -0.3 is 10.2 Å². The van der Waals surface area contributed by atoms with Crippen LogP contribution in [0.15, 0.2) is 88.5 Å². The molecule has 0 unspecified atom stereocenters. The Balaban J connectivity index is 1.74. The van der Waals surface area contributed by atoms with E-state index in [-0.39, 0.29) is 17.1 Å². The molecule has 1 heterocycles. The average Bonchev–Trinajstić information content (AvgIpc) is 3.03. The standard InChI is InChI=1S/C32H34BrN3O2/c1-5-35(6-2)24-17-13-21(14-18-24)30-29-26(19-32(3,4)20-28(29)37)34-25-9-7-8-10-27(25)36(30)31(38)22-11-15-23(33)16-12-22/h7-18,30,34H,5-6,19-20H2,1-4H3/t30-/m1/s1. The third-order valence-electron chi connectivity index (χ3n) is 7.55. The van der Waals surface area contributed by atoms with Crippen molar-refractivity contribution in [1.29, 1.82) is 0 Å². The van der Waals surface area contributed by atoms with E-state index in [1.807, 2.05) is 53.4 Å². The minimum atomic E-state index is -0.549. The highest BCUT2D eigenvalue weighted by atomic mass is 79.9. The molecular formula is C32H34BrN3O2. The van der Waals surface area contributed by atoms with E-state index in [0.717, 1.165) is 52.3 Å². The number of hydrogen-bond acceptors (Lipinski definition) is 4. The molecule has 0 bridgehead atoms. The van der Waals surface area contributed by atoms with Gasteiger partial charge in [0.05, 0.1) is 17.4 Å². The van der Waals surface area contributed by atoms with Crippen molar-refractivity contribution in [2.45, 2.75) is 46.6 Å². The second-order valence-electron chi connectivity index (χ2n) is 10.8. The maximum absolute atomic E-state index is 14.3. The number of anilines is 3. The number of carbonyl (C=O) groups is 2.